The van der Waals surface area contributed by atoms with E-state index in [1.54, 1.807) is 0 Å². The highest BCUT2D eigenvalue weighted by atomic mass is 32.1. The Morgan fingerprint density at radius 1 is 0.760 bits per heavy atom. The van der Waals surface area contributed by atoms with E-state index < -0.39 is 0 Å². The number of hydrogen-bond acceptors (Lipinski definition) is 4. The number of isothiocyanates is 2. The lowest BCUT2D eigenvalue weighted by molar-refractivity contribution is 0.541. The summed E-state index contributed by atoms with van der Waals surface area (Å²) < 4.78 is 17.4. The van der Waals surface area contributed by atoms with E-state index in [2.05, 4.69) is 69.4 Å². The van der Waals surface area contributed by atoms with Crippen LogP contribution in [0.5, 0.6) is 0 Å². The van der Waals surface area contributed by atoms with Crippen LogP contribution >= 0.6 is 24.4 Å². The number of rotatable bonds is 10. The molecule has 0 N–H and O–H groups in total. The van der Waals surface area contributed by atoms with Crippen LogP contribution in [0.3, 0.4) is 0 Å². The molecule has 0 saturated heterocycles. The zero-order chi connectivity index (χ0) is 34.5. The van der Waals surface area contributed by atoms with Crippen LogP contribution in [0.25, 0.3) is 28.9 Å². The topological polar surface area (TPSA) is 24.7 Å². The van der Waals surface area contributed by atoms with E-state index in [-0.39, 0.29) is 5.82 Å². The van der Waals surface area contributed by atoms with Crippen LogP contribution < -0.4 is 0 Å². The second kappa shape index (κ2) is 15.6. The second-order valence-electron chi connectivity index (χ2n) is 13.8. The molecule has 4 aromatic rings. The van der Waals surface area contributed by atoms with Crippen LogP contribution in [0.1, 0.15) is 103 Å². The number of thiocarbonyl (C=S) groups is 2. The molecule has 0 amide bonds. The molecular weight excluding hydrogens is 652 g/mol. The molecule has 0 atom stereocenters. The van der Waals surface area contributed by atoms with E-state index in [0.29, 0.717) is 12.0 Å². The summed E-state index contributed by atoms with van der Waals surface area (Å²) in [5, 5.41) is 4.88. The van der Waals surface area contributed by atoms with Crippen molar-refractivity contribution in [3.05, 3.63) is 123 Å². The summed E-state index contributed by atoms with van der Waals surface area (Å²) in [6, 6.07) is 22.2. The smallest absolute Gasteiger partial charge is 0.138 e. The molecule has 7 rings (SSSR count). The molecule has 0 bridgehead atoms. The van der Waals surface area contributed by atoms with Gasteiger partial charge in [0.1, 0.15) is 5.82 Å². The number of halogens is 1. The molecule has 4 aromatic carbocycles. The number of allylic oxidation sites excluding steroid dienone is 2. The zero-order valence-electron chi connectivity index (χ0n) is 28.4. The highest BCUT2D eigenvalue weighted by Gasteiger charge is 2.27. The van der Waals surface area contributed by atoms with Crippen LogP contribution in [-0.2, 0) is 19.3 Å². The Balaban J connectivity index is 1.34. The van der Waals surface area contributed by atoms with Gasteiger partial charge in [-0.15, -0.1) is 0 Å². The first-order valence-corrected chi connectivity index (χ1v) is 18.6. The third-order valence-corrected chi connectivity index (χ3v) is 10.5. The maximum Gasteiger partial charge on any atom is 0.138 e. The zero-order valence-corrected chi connectivity index (χ0v) is 30.1. The Bertz CT molecular complexity index is 2180. The molecule has 50 heavy (non-hydrogen) atoms. The third-order valence-electron chi connectivity index (χ3n) is 10.4. The lowest BCUT2D eigenvalue weighted by atomic mass is 9.87. The number of fused-ring (bicyclic) bond motifs is 2. The molecule has 0 aromatic heterocycles. The molecule has 3 aliphatic rings. The summed E-state index contributed by atoms with van der Waals surface area (Å²) >= 11 is 9.58. The summed E-state index contributed by atoms with van der Waals surface area (Å²) in [6.45, 7) is 2.21. The van der Waals surface area contributed by atoms with Crippen molar-refractivity contribution >= 4 is 63.9 Å². The van der Waals surface area contributed by atoms with Crippen LogP contribution in [0.4, 0.5) is 15.8 Å². The summed E-state index contributed by atoms with van der Waals surface area (Å²) in [4.78, 5) is 8.22. The monoisotopic (exact) mass is 690 g/mol. The molecule has 0 aliphatic heterocycles. The fourth-order valence-electron chi connectivity index (χ4n) is 7.90. The van der Waals surface area contributed by atoms with Crippen LogP contribution in [0.2, 0.25) is 0 Å². The summed E-state index contributed by atoms with van der Waals surface area (Å²) in [7, 11) is 0. The quantitative estimate of drug-likeness (QED) is 0.0716. The van der Waals surface area contributed by atoms with E-state index in [1.807, 2.05) is 48.5 Å². The molecule has 1 saturated carbocycles. The maximum absolute atomic E-state index is 17.4. The number of benzene rings is 4. The van der Waals surface area contributed by atoms with E-state index in [1.165, 1.54) is 36.8 Å². The molecule has 0 spiro atoms. The fourth-order valence-corrected chi connectivity index (χ4v) is 8.11. The van der Waals surface area contributed by atoms with E-state index in [4.69, 9.17) is 24.4 Å². The van der Waals surface area contributed by atoms with E-state index >= 15 is 4.39 Å². The normalized spacial score (nSPS) is 14.5. The highest BCUT2D eigenvalue weighted by molar-refractivity contribution is 7.78. The number of aryl methyl sites for hydroxylation is 1. The van der Waals surface area contributed by atoms with Crippen molar-refractivity contribution in [1.82, 2.24) is 0 Å². The molecule has 0 unspecified atom stereocenters. The highest BCUT2D eigenvalue weighted by Crippen LogP contribution is 2.44. The van der Waals surface area contributed by atoms with Crippen molar-refractivity contribution < 1.29 is 4.39 Å². The predicted octanol–water partition coefficient (Wildman–Crippen LogP) is 12.7. The first-order valence-electron chi connectivity index (χ1n) is 17.8. The third kappa shape index (κ3) is 7.46. The molecule has 5 heteroatoms. The van der Waals surface area contributed by atoms with Gasteiger partial charge in [-0.25, -0.2) is 4.39 Å². The van der Waals surface area contributed by atoms with Crippen molar-refractivity contribution in [2.24, 2.45) is 15.9 Å². The fraction of sp³-hybridized carbons (Fsp3) is 0.289. The Morgan fingerprint density at radius 3 is 2.30 bits per heavy atom. The van der Waals surface area contributed by atoms with E-state index in [0.717, 1.165) is 106 Å². The summed E-state index contributed by atoms with van der Waals surface area (Å²) in [6.07, 6.45) is 16.5. The van der Waals surface area contributed by atoms with Gasteiger partial charge >= 0.3 is 0 Å². The summed E-state index contributed by atoms with van der Waals surface area (Å²) in [5.74, 6) is 7.38. The first kappa shape index (κ1) is 33.9. The number of unbranched alkanes of at least 4 members (excludes halogenated alkanes) is 2. The van der Waals surface area contributed by atoms with Crippen molar-refractivity contribution in [3.8, 4) is 23.0 Å². The second-order valence-corrected chi connectivity index (χ2v) is 14.1. The van der Waals surface area contributed by atoms with Crippen LogP contribution in [0.15, 0.2) is 82.3 Å². The minimum absolute atomic E-state index is 0.144. The van der Waals surface area contributed by atoms with Crippen molar-refractivity contribution in [2.45, 2.75) is 77.6 Å². The van der Waals surface area contributed by atoms with Crippen molar-refractivity contribution in [3.63, 3.8) is 0 Å². The SMILES string of the molecule is CCCCCc1ccc(C2=Cc3ccc(N=C=S)cc3C2)c(F)c1-c1cc(C#Cc2ccc(N=C=S)cc2)cc2c1C=C(CC1CCCC1)C2. The van der Waals surface area contributed by atoms with Crippen LogP contribution in [-0.4, -0.2) is 10.3 Å². The van der Waals surface area contributed by atoms with Crippen molar-refractivity contribution in [1.29, 1.82) is 0 Å². The van der Waals surface area contributed by atoms with Crippen molar-refractivity contribution in [2.75, 3.05) is 0 Å². The molecule has 1 fully saturated rings. The standard InChI is InChI=1S/C45H39FN2S2/c1-2-3-4-9-34-15-19-41(38-25-35-14-18-40(48-29-50)27-36(35)26-38)45(46)44(34)43-23-32(11-10-30-12-16-39(17-13-30)47-28-49)21-37-22-33(24-42(37)43)20-31-7-5-6-8-31/h12-19,21,23-25,27,31H,2-9,20,22,26H2,1H3. The van der Waals surface area contributed by atoms with Gasteiger partial charge in [0.2, 0.25) is 0 Å². The Labute approximate surface area is 306 Å². The molecule has 0 radical (unpaired) electrons. The van der Waals surface area contributed by atoms with Gasteiger partial charge < -0.3 is 0 Å². The first-order chi connectivity index (χ1) is 24.5. The minimum atomic E-state index is -0.144. The minimum Gasteiger partial charge on any atom is -0.206 e. The Kier molecular flexibility index (Phi) is 10.6. The maximum atomic E-state index is 17.4. The summed E-state index contributed by atoms with van der Waals surface area (Å²) in [5.41, 5.74) is 13.8. The lowest BCUT2D eigenvalue weighted by Crippen LogP contribution is -2.02. The molecule has 0 heterocycles. The van der Waals surface area contributed by atoms with Gasteiger partial charge in [0.05, 0.1) is 21.7 Å². The molecule has 2 nitrogen and oxygen atoms in total. The number of hydrogen-bond donors (Lipinski definition) is 0. The average molecular weight is 691 g/mol. The molecular formula is C45H39FN2S2. The van der Waals surface area contributed by atoms with E-state index in [9.17, 15) is 0 Å². The van der Waals surface area contributed by atoms with Gasteiger partial charge in [0.15, 0.2) is 0 Å². The molecule has 3 aliphatic carbocycles. The number of aliphatic imine (C=N–C) groups is 2. The Hall–Kier alpha value is -4.55. The van der Waals surface area contributed by atoms with Gasteiger partial charge in [-0.1, -0.05) is 93.2 Å². The Morgan fingerprint density at radius 2 is 1.52 bits per heavy atom. The lowest BCUT2D eigenvalue weighted by Gasteiger charge is -2.18. The van der Waals surface area contributed by atoms with Gasteiger partial charge in [-0.3, -0.25) is 0 Å². The predicted molar refractivity (Wildman–Crippen MR) is 213 cm³/mol. The van der Waals surface area contributed by atoms with Gasteiger partial charge in [-0.2, -0.15) is 9.98 Å². The average Bonchev–Trinajstić information content (AvgIpc) is 3.88. The largest absolute Gasteiger partial charge is 0.206 e. The number of nitrogens with zero attached hydrogens (tertiary/aromatic N) is 2. The van der Waals surface area contributed by atoms with Gasteiger partial charge in [-0.05, 0) is 150 Å². The van der Waals surface area contributed by atoms with Crippen LogP contribution in [0, 0.1) is 23.6 Å². The molecule has 248 valence electrons. The van der Waals surface area contributed by atoms with Gasteiger partial charge in [0.25, 0.3) is 0 Å². The van der Waals surface area contributed by atoms with Gasteiger partial charge in [0, 0.05) is 22.3 Å².